The molecule has 0 aliphatic carbocycles. The number of hydrogen-bond acceptors (Lipinski definition) is 4. The molecule has 0 saturated heterocycles. The van der Waals surface area contributed by atoms with E-state index in [0.717, 1.165) is 35.8 Å². The van der Waals surface area contributed by atoms with E-state index in [9.17, 15) is 0 Å². The largest absolute Gasteiger partial charge is 0.496 e. The molecule has 5 heteroatoms. The van der Waals surface area contributed by atoms with E-state index in [0.29, 0.717) is 0 Å². The Balaban J connectivity index is 1.97. The van der Waals surface area contributed by atoms with Gasteiger partial charge >= 0.3 is 0 Å². The predicted molar refractivity (Wildman–Crippen MR) is 72.5 cm³/mol. The van der Waals surface area contributed by atoms with Crippen molar-refractivity contribution in [3.8, 4) is 5.75 Å². The fraction of sp³-hybridized carbons (Fsp3) is 0.417. The van der Waals surface area contributed by atoms with Crippen LogP contribution in [0.5, 0.6) is 5.75 Å². The molecule has 1 N–H and O–H groups in total. The van der Waals surface area contributed by atoms with Gasteiger partial charge in [-0.25, -0.2) is 0 Å². The van der Waals surface area contributed by atoms with E-state index in [2.05, 4.69) is 37.2 Å². The maximum atomic E-state index is 5.20. The summed E-state index contributed by atoms with van der Waals surface area (Å²) >= 11 is 3.48. The molecule has 0 radical (unpaired) electrons. The van der Waals surface area contributed by atoms with Crippen molar-refractivity contribution in [3.05, 3.63) is 28.2 Å². The molecule has 0 amide bonds. The molecule has 2 rings (SSSR count). The van der Waals surface area contributed by atoms with Gasteiger partial charge in [0, 0.05) is 20.1 Å². The lowest BCUT2D eigenvalue weighted by Crippen LogP contribution is -2.35. The van der Waals surface area contributed by atoms with Gasteiger partial charge in [-0.15, -0.1) is 0 Å². The van der Waals surface area contributed by atoms with Crippen molar-refractivity contribution in [2.45, 2.75) is 6.54 Å². The lowest BCUT2D eigenvalue weighted by Gasteiger charge is -2.15. The first-order valence-corrected chi connectivity index (χ1v) is 6.32. The zero-order chi connectivity index (χ0) is 12.3. The highest BCUT2D eigenvalue weighted by Gasteiger charge is 2.11. The lowest BCUT2D eigenvalue weighted by molar-refractivity contribution is 0.412. The van der Waals surface area contributed by atoms with Gasteiger partial charge in [0.15, 0.2) is 5.96 Å². The van der Waals surface area contributed by atoms with E-state index in [1.165, 1.54) is 5.56 Å². The Labute approximate surface area is 110 Å². The summed E-state index contributed by atoms with van der Waals surface area (Å²) < 4.78 is 6.17. The van der Waals surface area contributed by atoms with Crippen molar-refractivity contribution < 1.29 is 4.74 Å². The van der Waals surface area contributed by atoms with Crippen LogP contribution in [-0.2, 0) is 6.54 Å². The van der Waals surface area contributed by atoms with Crippen LogP contribution in [0.25, 0.3) is 0 Å². The summed E-state index contributed by atoms with van der Waals surface area (Å²) in [6.45, 7) is 2.64. The second-order valence-electron chi connectivity index (χ2n) is 3.95. The minimum Gasteiger partial charge on any atom is -0.496 e. The van der Waals surface area contributed by atoms with E-state index in [1.54, 1.807) is 7.11 Å². The van der Waals surface area contributed by atoms with E-state index in [-0.39, 0.29) is 0 Å². The molecule has 1 aromatic rings. The third-order valence-electron chi connectivity index (χ3n) is 2.73. The Morgan fingerprint density at radius 2 is 2.35 bits per heavy atom. The van der Waals surface area contributed by atoms with Gasteiger partial charge in [0.1, 0.15) is 5.75 Å². The van der Waals surface area contributed by atoms with Gasteiger partial charge in [0.2, 0.25) is 0 Å². The van der Waals surface area contributed by atoms with Crippen LogP contribution in [0.4, 0.5) is 0 Å². The molecule has 0 bridgehead atoms. The van der Waals surface area contributed by atoms with Crippen molar-refractivity contribution in [2.24, 2.45) is 4.99 Å². The smallest absolute Gasteiger partial charge is 0.194 e. The van der Waals surface area contributed by atoms with Gasteiger partial charge in [0.05, 0.1) is 18.1 Å². The molecule has 4 nitrogen and oxygen atoms in total. The normalized spacial score (nSPS) is 14.8. The fourth-order valence-corrected chi connectivity index (χ4v) is 2.31. The van der Waals surface area contributed by atoms with Crippen LogP contribution in [0.15, 0.2) is 27.7 Å². The maximum Gasteiger partial charge on any atom is 0.194 e. The zero-order valence-electron chi connectivity index (χ0n) is 10.0. The highest BCUT2D eigenvalue weighted by atomic mass is 79.9. The number of hydrogen-bond donors (Lipinski definition) is 1. The molecule has 0 unspecified atom stereocenters. The van der Waals surface area contributed by atoms with Gasteiger partial charge in [-0.2, -0.15) is 0 Å². The first-order chi connectivity index (χ1) is 8.20. The number of halogens is 1. The monoisotopic (exact) mass is 297 g/mol. The van der Waals surface area contributed by atoms with Gasteiger partial charge in [0.25, 0.3) is 0 Å². The van der Waals surface area contributed by atoms with Crippen LogP contribution in [-0.4, -0.2) is 38.1 Å². The second kappa shape index (κ2) is 5.40. The van der Waals surface area contributed by atoms with Gasteiger partial charge < -0.3 is 15.0 Å². The van der Waals surface area contributed by atoms with Crippen molar-refractivity contribution in [1.29, 1.82) is 0 Å². The third-order valence-corrected chi connectivity index (χ3v) is 3.35. The molecule has 0 fully saturated rings. The van der Waals surface area contributed by atoms with Crippen molar-refractivity contribution in [2.75, 3.05) is 27.2 Å². The van der Waals surface area contributed by atoms with Crippen molar-refractivity contribution in [1.82, 2.24) is 10.2 Å². The minimum absolute atomic E-state index is 0.770. The Bertz CT molecular complexity index is 434. The summed E-state index contributed by atoms with van der Waals surface area (Å²) in [5.74, 6) is 1.82. The summed E-state index contributed by atoms with van der Waals surface area (Å²) in [6.07, 6.45) is 0. The van der Waals surface area contributed by atoms with E-state index in [4.69, 9.17) is 4.74 Å². The lowest BCUT2D eigenvalue weighted by atomic mass is 10.2. The number of nitrogens with zero attached hydrogens (tertiary/aromatic N) is 2. The number of ether oxygens (including phenoxy) is 1. The Hall–Kier alpha value is -1.23. The average molecular weight is 298 g/mol. The first-order valence-electron chi connectivity index (χ1n) is 5.52. The van der Waals surface area contributed by atoms with E-state index < -0.39 is 0 Å². The minimum atomic E-state index is 0.770. The number of nitrogens with one attached hydrogen (secondary N) is 1. The van der Waals surface area contributed by atoms with E-state index >= 15 is 0 Å². The highest BCUT2D eigenvalue weighted by Crippen LogP contribution is 2.25. The molecule has 0 atom stereocenters. The summed E-state index contributed by atoms with van der Waals surface area (Å²) in [6, 6.07) is 6.06. The standard InChI is InChI=1S/C12H16BrN3O/c1-16-6-5-14-12(16)15-8-9-3-4-11(17-2)10(13)7-9/h3-4,7H,5-6,8H2,1-2H3,(H,14,15). The van der Waals surface area contributed by atoms with Crippen LogP contribution < -0.4 is 10.1 Å². The number of guanidine groups is 1. The number of likely N-dealkylation sites (N-methyl/N-ethyl adjacent to an activating group) is 1. The summed E-state index contributed by atoms with van der Waals surface area (Å²) in [7, 11) is 3.71. The number of benzene rings is 1. The topological polar surface area (TPSA) is 36.9 Å². The van der Waals surface area contributed by atoms with E-state index in [1.807, 2.05) is 19.2 Å². The molecular formula is C12H16BrN3O. The van der Waals surface area contributed by atoms with Crippen LogP contribution in [0.2, 0.25) is 0 Å². The fourth-order valence-electron chi connectivity index (χ4n) is 1.72. The highest BCUT2D eigenvalue weighted by molar-refractivity contribution is 9.10. The molecule has 1 aliphatic heterocycles. The van der Waals surface area contributed by atoms with Crippen LogP contribution in [0.3, 0.4) is 0 Å². The molecule has 0 saturated carbocycles. The molecule has 0 aromatic heterocycles. The average Bonchev–Trinajstić information content (AvgIpc) is 2.72. The quantitative estimate of drug-likeness (QED) is 0.925. The Morgan fingerprint density at radius 3 is 2.94 bits per heavy atom. The van der Waals surface area contributed by atoms with Gasteiger partial charge in [-0.05, 0) is 33.6 Å². The predicted octanol–water partition coefficient (Wildman–Crippen LogP) is 1.85. The van der Waals surface area contributed by atoms with Gasteiger partial charge in [-0.1, -0.05) is 6.07 Å². The summed E-state index contributed by atoms with van der Waals surface area (Å²) in [5, 5.41) is 3.33. The van der Waals surface area contributed by atoms with Crippen LogP contribution in [0, 0.1) is 0 Å². The second-order valence-corrected chi connectivity index (χ2v) is 4.80. The molecule has 17 heavy (non-hydrogen) atoms. The number of rotatable bonds is 3. The molecule has 92 valence electrons. The molecule has 1 aromatic carbocycles. The molecule has 1 aliphatic rings. The number of aliphatic imine (C=N–C) groups is 1. The first kappa shape index (κ1) is 12.2. The van der Waals surface area contributed by atoms with Crippen LogP contribution >= 0.6 is 15.9 Å². The Kier molecular flexibility index (Phi) is 3.89. The van der Waals surface area contributed by atoms with Crippen molar-refractivity contribution in [3.63, 3.8) is 0 Å². The number of methoxy groups -OCH3 is 1. The van der Waals surface area contributed by atoms with Crippen LogP contribution in [0.1, 0.15) is 5.56 Å². The maximum absolute atomic E-state index is 5.20. The van der Waals surface area contributed by atoms with Crippen molar-refractivity contribution >= 4 is 21.9 Å². The summed E-state index contributed by atoms with van der Waals surface area (Å²) in [4.78, 5) is 6.51. The summed E-state index contributed by atoms with van der Waals surface area (Å²) in [5.41, 5.74) is 1.20. The zero-order valence-corrected chi connectivity index (χ0v) is 11.6. The molecule has 1 heterocycles. The SMILES string of the molecule is COc1ccc(CNC2=NCCN2C)cc1Br. The molecular weight excluding hydrogens is 282 g/mol. The molecule has 0 spiro atoms. The third kappa shape index (κ3) is 2.91. The van der Waals surface area contributed by atoms with Gasteiger partial charge in [-0.3, -0.25) is 4.99 Å². The Morgan fingerprint density at radius 1 is 1.53 bits per heavy atom.